The van der Waals surface area contributed by atoms with Crippen LogP contribution < -0.4 is 0 Å². The normalized spacial score (nSPS) is 33.6. The Morgan fingerprint density at radius 1 is 1.21 bits per heavy atom. The molecule has 2 bridgehead atoms. The highest BCUT2D eigenvalue weighted by atomic mass is 35.5. The molecule has 3 rings (SSSR count). The van der Waals surface area contributed by atoms with Crippen LogP contribution in [0.25, 0.3) is 0 Å². The molecular formula is C16H20Cl2S. The summed E-state index contributed by atoms with van der Waals surface area (Å²) in [5.74, 6) is 1.51. The predicted molar refractivity (Wildman–Crippen MR) is 86.6 cm³/mol. The highest BCUT2D eigenvalue weighted by Crippen LogP contribution is 2.54. The second kappa shape index (κ2) is 5.87. The van der Waals surface area contributed by atoms with Crippen LogP contribution in [0.3, 0.4) is 0 Å². The zero-order valence-electron chi connectivity index (χ0n) is 11.2. The van der Waals surface area contributed by atoms with E-state index in [1.54, 1.807) is 0 Å². The first-order valence-corrected chi connectivity index (χ1v) is 8.99. The van der Waals surface area contributed by atoms with E-state index < -0.39 is 0 Å². The Kier molecular flexibility index (Phi) is 4.36. The van der Waals surface area contributed by atoms with Crippen LogP contribution in [-0.4, -0.2) is 10.5 Å². The third kappa shape index (κ3) is 2.80. The fraction of sp³-hybridized carbons (Fsp3) is 0.625. The van der Waals surface area contributed by atoms with E-state index in [0.29, 0.717) is 16.0 Å². The summed E-state index contributed by atoms with van der Waals surface area (Å²) in [4.78, 5) is 0. The molecule has 0 nitrogen and oxygen atoms in total. The summed E-state index contributed by atoms with van der Waals surface area (Å²) in [5.41, 5.74) is 1.41. The van der Waals surface area contributed by atoms with E-state index in [1.165, 1.54) is 37.7 Å². The molecule has 0 aliphatic carbocycles. The van der Waals surface area contributed by atoms with Gasteiger partial charge >= 0.3 is 0 Å². The zero-order valence-corrected chi connectivity index (χ0v) is 13.6. The number of rotatable bonds is 3. The summed E-state index contributed by atoms with van der Waals surface area (Å²) >= 11 is 14.5. The lowest BCUT2D eigenvalue weighted by Crippen LogP contribution is -2.28. The van der Waals surface area contributed by atoms with Crippen molar-refractivity contribution in [3.63, 3.8) is 0 Å². The molecule has 0 aromatic heterocycles. The van der Waals surface area contributed by atoms with Gasteiger partial charge in [0.25, 0.3) is 0 Å². The topological polar surface area (TPSA) is 0 Å². The molecule has 19 heavy (non-hydrogen) atoms. The Morgan fingerprint density at radius 3 is 2.79 bits per heavy atom. The fourth-order valence-corrected chi connectivity index (χ4v) is 5.98. The molecule has 0 saturated carbocycles. The molecule has 2 aliphatic rings. The molecule has 104 valence electrons. The third-order valence-electron chi connectivity index (χ3n) is 4.65. The lowest BCUT2D eigenvalue weighted by molar-refractivity contribution is 0.370. The predicted octanol–water partition coefficient (Wildman–Crippen LogP) is 6.16. The second-order valence-corrected chi connectivity index (χ2v) is 8.20. The summed E-state index contributed by atoms with van der Waals surface area (Å²) < 4.78 is 0. The van der Waals surface area contributed by atoms with Gasteiger partial charge in [0, 0.05) is 10.5 Å². The fourth-order valence-electron chi connectivity index (χ4n) is 3.79. The van der Waals surface area contributed by atoms with Gasteiger partial charge < -0.3 is 0 Å². The molecule has 2 unspecified atom stereocenters. The minimum Gasteiger partial charge on any atom is -0.155 e. The van der Waals surface area contributed by atoms with E-state index >= 15 is 0 Å². The summed E-state index contributed by atoms with van der Waals surface area (Å²) in [5, 5.41) is 3.13. The number of halogens is 2. The van der Waals surface area contributed by atoms with Gasteiger partial charge in [0.15, 0.2) is 0 Å². The zero-order chi connectivity index (χ0) is 13.4. The van der Waals surface area contributed by atoms with Crippen molar-refractivity contribution in [1.29, 1.82) is 0 Å². The molecule has 2 aliphatic heterocycles. The molecular weight excluding hydrogens is 295 g/mol. The average molecular weight is 315 g/mol. The van der Waals surface area contributed by atoms with Crippen LogP contribution in [0.4, 0.5) is 0 Å². The average Bonchev–Trinajstić information content (AvgIpc) is 2.79. The van der Waals surface area contributed by atoms with Gasteiger partial charge in [-0.1, -0.05) is 42.6 Å². The van der Waals surface area contributed by atoms with Crippen molar-refractivity contribution in [3.05, 3.63) is 33.8 Å². The third-order valence-corrected chi connectivity index (χ3v) is 7.13. The molecule has 0 radical (unpaired) electrons. The number of fused-ring (bicyclic) bond motifs is 2. The first-order valence-electron chi connectivity index (χ1n) is 7.29. The van der Waals surface area contributed by atoms with Crippen molar-refractivity contribution in [2.24, 2.45) is 5.92 Å². The van der Waals surface area contributed by atoms with Crippen LogP contribution in [-0.2, 0) is 0 Å². The van der Waals surface area contributed by atoms with E-state index in [1.807, 2.05) is 6.07 Å². The molecule has 3 heteroatoms. The number of benzene rings is 1. The largest absolute Gasteiger partial charge is 0.155 e. The molecule has 0 N–H and O–H groups in total. The van der Waals surface area contributed by atoms with Crippen LogP contribution in [0.1, 0.15) is 50.5 Å². The van der Waals surface area contributed by atoms with Crippen LogP contribution in [0.15, 0.2) is 18.2 Å². The van der Waals surface area contributed by atoms with Crippen molar-refractivity contribution in [3.8, 4) is 0 Å². The van der Waals surface area contributed by atoms with Gasteiger partial charge in [-0.2, -0.15) is 11.8 Å². The number of hydrogen-bond acceptors (Lipinski definition) is 1. The van der Waals surface area contributed by atoms with E-state index in [4.69, 9.17) is 23.2 Å². The van der Waals surface area contributed by atoms with E-state index in [0.717, 1.165) is 16.4 Å². The molecule has 1 aromatic carbocycles. The Bertz CT molecular complexity index is 460. The van der Waals surface area contributed by atoms with Crippen molar-refractivity contribution < 1.29 is 0 Å². The van der Waals surface area contributed by atoms with E-state index in [2.05, 4.69) is 30.8 Å². The quantitative estimate of drug-likeness (QED) is 0.643. The maximum absolute atomic E-state index is 6.21. The summed E-state index contributed by atoms with van der Waals surface area (Å²) in [6, 6.07) is 6.26. The molecule has 2 saturated heterocycles. The highest BCUT2D eigenvalue weighted by Gasteiger charge is 2.42. The smallest absolute Gasteiger partial charge is 0.0595 e. The van der Waals surface area contributed by atoms with Gasteiger partial charge in [-0.15, -0.1) is 0 Å². The first-order chi connectivity index (χ1) is 9.19. The second-order valence-electron chi connectivity index (χ2n) is 5.84. The Balaban J connectivity index is 1.89. The van der Waals surface area contributed by atoms with Gasteiger partial charge in [0.2, 0.25) is 0 Å². The monoisotopic (exact) mass is 314 g/mol. The first kappa shape index (κ1) is 14.1. The van der Waals surface area contributed by atoms with Crippen molar-refractivity contribution in [2.75, 3.05) is 0 Å². The molecule has 2 fully saturated rings. The maximum atomic E-state index is 6.21. The van der Waals surface area contributed by atoms with Crippen molar-refractivity contribution in [2.45, 2.75) is 55.4 Å². The van der Waals surface area contributed by atoms with Crippen molar-refractivity contribution >= 4 is 35.0 Å². The maximum Gasteiger partial charge on any atom is 0.0595 e. The highest BCUT2D eigenvalue weighted by molar-refractivity contribution is 8.00. The van der Waals surface area contributed by atoms with Crippen LogP contribution in [0, 0.1) is 5.92 Å². The van der Waals surface area contributed by atoms with Crippen LogP contribution in [0.2, 0.25) is 10.0 Å². The lowest BCUT2D eigenvalue weighted by atomic mass is 9.79. The Morgan fingerprint density at radius 2 is 2.05 bits per heavy atom. The van der Waals surface area contributed by atoms with Gasteiger partial charge in [0.1, 0.15) is 0 Å². The Labute approximate surface area is 130 Å². The number of thioether (sulfide) groups is 1. The van der Waals surface area contributed by atoms with Gasteiger partial charge in [-0.3, -0.25) is 0 Å². The van der Waals surface area contributed by atoms with E-state index in [-0.39, 0.29) is 0 Å². The van der Waals surface area contributed by atoms with Crippen LogP contribution in [0.5, 0.6) is 0 Å². The van der Waals surface area contributed by atoms with E-state index in [9.17, 15) is 0 Å². The van der Waals surface area contributed by atoms with Gasteiger partial charge in [-0.25, -0.2) is 0 Å². The minimum absolute atomic E-state index is 0.672. The summed E-state index contributed by atoms with van der Waals surface area (Å²) in [7, 11) is 0. The van der Waals surface area contributed by atoms with Crippen molar-refractivity contribution in [1.82, 2.24) is 0 Å². The molecule has 4 atom stereocenters. The molecule has 0 amide bonds. The summed E-state index contributed by atoms with van der Waals surface area (Å²) in [6.45, 7) is 2.30. The van der Waals surface area contributed by atoms with Gasteiger partial charge in [-0.05, 0) is 55.2 Å². The summed E-state index contributed by atoms with van der Waals surface area (Å²) in [6.07, 6.45) is 6.77. The lowest BCUT2D eigenvalue weighted by Gasteiger charge is -2.37. The number of hydrogen-bond donors (Lipinski definition) is 0. The molecule has 2 heterocycles. The molecule has 1 aromatic rings. The van der Waals surface area contributed by atoms with Gasteiger partial charge in [0.05, 0.1) is 10.0 Å². The standard InChI is InChI=1S/C16H20Cl2S/c1-2-3-12-13(9-11-5-7-16(12)19-11)10-4-6-14(17)15(18)8-10/h4,6,8,11-13,16H,2-3,5,7,9H2,1H3/t11?,12-,13-,16?/m0/s1. The Hall–Kier alpha value is 0.150. The molecule has 0 spiro atoms. The van der Waals surface area contributed by atoms with Crippen LogP contribution >= 0.6 is 35.0 Å². The SMILES string of the molecule is CCC[C@@H]1C2CCC(C[C@H]1c1ccc(Cl)c(Cl)c1)S2. The minimum atomic E-state index is 0.672.